The topological polar surface area (TPSA) is 50.4 Å². The SMILES string of the molecule is C[C@H]1C[C@@H](C(=O)NCCOC2CCCC2)CCN1.Cl. The maximum atomic E-state index is 11.9. The van der Waals surface area contributed by atoms with Crippen molar-refractivity contribution in [3.8, 4) is 0 Å². The minimum Gasteiger partial charge on any atom is -0.376 e. The summed E-state index contributed by atoms with van der Waals surface area (Å²) in [7, 11) is 0. The van der Waals surface area contributed by atoms with Gasteiger partial charge in [0, 0.05) is 18.5 Å². The highest BCUT2D eigenvalue weighted by atomic mass is 35.5. The predicted octanol–water partition coefficient (Wildman–Crippen LogP) is 1.87. The molecule has 0 aromatic heterocycles. The summed E-state index contributed by atoms with van der Waals surface area (Å²) in [4.78, 5) is 11.9. The first-order chi connectivity index (χ1) is 8.75. The van der Waals surface area contributed by atoms with Crippen LogP contribution in [0, 0.1) is 5.92 Å². The van der Waals surface area contributed by atoms with E-state index in [4.69, 9.17) is 4.74 Å². The molecule has 1 aliphatic carbocycles. The Hall–Kier alpha value is -0.320. The molecule has 0 aromatic rings. The van der Waals surface area contributed by atoms with E-state index in [0.717, 1.165) is 19.4 Å². The third-order valence-corrected chi connectivity index (χ3v) is 4.05. The van der Waals surface area contributed by atoms with Gasteiger partial charge in [-0.1, -0.05) is 12.8 Å². The van der Waals surface area contributed by atoms with Crippen LogP contribution in [0.3, 0.4) is 0 Å². The molecule has 19 heavy (non-hydrogen) atoms. The quantitative estimate of drug-likeness (QED) is 0.760. The van der Waals surface area contributed by atoms with Crippen LogP contribution >= 0.6 is 12.4 Å². The van der Waals surface area contributed by atoms with Crippen LogP contribution in [0.1, 0.15) is 45.4 Å². The molecule has 1 heterocycles. The lowest BCUT2D eigenvalue weighted by atomic mass is 9.92. The van der Waals surface area contributed by atoms with Crippen LogP contribution in [0.25, 0.3) is 0 Å². The lowest BCUT2D eigenvalue weighted by Gasteiger charge is -2.27. The third kappa shape index (κ3) is 5.67. The number of nitrogens with one attached hydrogen (secondary N) is 2. The maximum absolute atomic E-state index is 11.9. The number of amides is 1. The van der Waals surface area contributed by atoms with Gasteiger partial charge >= 0.3 is 0 Å². The molecule has 1 amide bonds. The van der Waals surface area contributed by atoms with Crippen LogP contribution in [-0.2, 0) is 9.53 Å². The molecule has 112 valence electrons. The van der Waals surface area contributed by atoms with Crippen molar-refractivity contribution >= 4 is 18.3 Å². The van der Waals surface area contributed by atoms with E-state index in [1.807, 2.05) is 0 Å². The Bertz CT molecular complexity index is 270. The lowest BCUT2D eigenvalue weighted by Crippen LogP contribution is -2.43. The number of piperidine rings is 1. The van der Waals surface area contributed by atoms with Crippen molar-refractivity contribution in [3.63, 3.8) is 0 Å². The molecule has 5 heteroatoms. The zero-order valence-corrected chi connectivity index (χ0v) is 12.6. The standard InChI is InChI=1S/C14H26N2O2.ClH/c1-11-10-12(6-7-15-11)14(17)16-8-9-18-13-4-2-3-5-13;/h11-13,15H,2-10H2,1H3,(H,16,17);1H/t11-,12-;/m0./s1. The fourth-order valence-electron chi connectivity index (χ4n) is 2.97. The monoisotopic (exact) mass is 290 g/mol. The third-order valence-electron chi connectivity index (χ3n) is 4.05. The van der Waals surface area contributed by atoms with Crippen molar-refractivity contribution in [3.05, 3.63) is 0 Å². The highest BCUT2D eigenvalue weighted by molar-refractivity contribution is 5.85. The minimum absolute atomic E-state index is 0. The van der Waals surface area contributed by atoms with Crippen LogP contribution < -0.4 is 10.6 Å². The molecule has 1 saturated heterocycles. The number of rotatable bonds is 5. The zero-order valence-electron chi connectivity index (χ0n) is 11.8. The summed E-state index contributed by atoms with van der Waals surface area (Å²) >= 11 is 0. The van der Waals surface area contributed by atoms with Crippen molar-refractivity contribution < 1.29 is 9.53 Å². The van der Waals surface area contributed by atoms with Gasteiger partial charge in [-0.2, -0.15) is 0 Å². The summed E-state index contributed by atoms with van der Waals surface area (Å²) < 4.78 is 5.73. The minimum atomic E-state index is 0. The van der Waals surface area contributed by atoms with E-state index in [-0.39, 0.29) is 24.2 Å². The normalized spacial score (nSPS) is 27.8. The molecule has 2 fully saturated rings. The van der Waals surface area contributed by atoms with Gasteiger partial charge in [0.2, 0.25) is 5.91 Å². The summed E-state index contributed by atoms with van der Waals surface area (Å²) in [5.41, 5.74) is 0. The Kier molecular flexibility index (Phi) is 7.73. The molecular formula is C14H27ClN2O2. The van der Waals surface area contributed by atoms with Crippen LogP contribution in [0.5, 0.6) is 0 Å². The van der Waals surface area contributed by atoms with Crippen molar-refractivity contribution in [2.75, 3.05) is 19.7 Å². The van der Waals surface area contributed by atoms with E-state index in [9.17, 15) is 4.79 Å². The first-order valence-corrected chi connectivity index (χ1v) is 7.38. The summed E-state index contributed by atoms with van der Waals surface area (Å²) in [5, 5.41) is 6.37. The van der Waals surface area contributed by atoms with Gasteiger partial charge in [0.05, 0.1) is 12.7 Å². The van der Waals surface area contributed by atoms with Gasteiger partial charge in [0.15, 0.2) is 0 Å². The molecule has 1 saturated carbocycles. The molecule has 0 radical (unpaired) electrons. The number of hydrogen-bond acceptors (Lipinski definition) is 3. The van der Waals surface area contributed by atoms with Crippen LogP contribution in [-0.4, -0.2) is 37.7 Å². The second-order valence-corrected chi connectivity index (χ2v) is 5.64. The molecule has 0 aromatic carbocycles. The van der Waals surface area contributed by atoms with Gasteiger partial charge in [-0.15, -0.1) is 12.4 Å². The lowest BCUT2D eigenvalue weighted by molar-refractivity contribution is -0.126. The summed E-state index contributed by atoms with van der Waals surface area (Å²) in [6.07, 6.45) is 7.34. The van der Waals surface area contributed by atoms with Crippen molar-refractivity contribution in [2.45, 2.75) is 57.6 Å². The Morgan fingerprint density at radius 1 is 1.32 bits per heavy atom. The molecule has 4 nitrogen and oxygen atoms in total. The van der Waals surface area contributed by atoms with Crippen LogP contribution in [0.15, 0.2) is 0 Å². The molecule has 1 aliphatic heterocycles. The molecule has 2 rings (SSSR count). The van der Waals surface area contributed by atoms with E-state index in [0.29, 0.717) is 25.3 Å². The predicted molar refractivity (Wildman–Crippen MR) is 78.7 cm³/mol. The van der Waals surface area contributed by atoms with Crippen LogP contribution in [0.4, 0.5) is 0 Å². The summed E-state index contributed by atoms with van der Waals surface area (Å²) in [5.74, 6) is 0.395. The van der Waals surface area contributed by atoms with Gasteiger partial charge in [-0.3, -0.25) is 4.79 Å². The number of ether oxygens (including phenoxy) is 1. The number of carbonyl (C=O) groups excluding carboxylic acids is 1. The largest absolute Gasteiger partial charge is 0.376 e. The first-order valence-electron chi connectivity index (χ1n) is 7.38. The van der Waals surface area contributed by atoms with Gasteiger partial charge in [-0.25, -0.2) is 0 Å². The second kappa shape index (κ2) is 8.77. The van der Waals surface area contributed by atoms with Gasteiger partial charge in [0.1, 0.15) is 0 Å². The maximum Gasteiger partial charge on any atom is 0.223 e. The first kappa shape index (κ1) is 16.7. The van der Waals surface area contributed by atoms with Crippen LogP contribution in [0.2, 0.25) is 0 Å². The zero-order chi connectivity index (χ0) is 12.8. The molecule has 2 aliphatic rings. The molecule has 2 N–H and O–H groups in total. The highest BCUT2D eigenvalue weighted by Crippen LogP contribution is 2.20. The average molecular weight is 291 g/mol. The Labute approximate surface area is 122 Å². The van der Waals surface area contributed by atoms with Gasteiger partial charge in [-0.05, 0) is 39.2 Å². The van der Waals surface area contributed by atoms with E-state index >= 15 is 0 Å². The van der Waals surface area contributed by atoms with E-state index < -0.39 is 0 Å². The number of carbonyl (C=O) groups is 1. The van der Waals surface area contributed by atoms with Gasteiger partial charge < -0.3 is 15.4 Å². The summed E-state index contributed by atoms with van der Waals surface area (Å²) in [6, 6.07) is 0.462. The molecular weight excluding hydrogens is 264 g/mol. The molecule has 0 spiro atoms. The van der Waals surface area contributed by atoms with Crippen molar-refractivity contribution in [2.24, 2.45) is 5.92 Å². The Morgan fingerprint density at radius 2 is 2.05 bits per heavy atom. The number of halogens is 1. The Morgan fingerprint density at radius 3 is 2.74 bits per heavy atom. The number of hydrogen-bond donors (Lipinski definition) is 2. The van der Waals surface area contributed by atoms with E-state index in [2.05, 4.69) is 17.6 Å². The Balaban J connectivity index is 0.00000180. The average Bonchev–Trinajstić information content (AvgIpc) is 2.87. The highest BCUT2D eigenvalue weighted by Gasteiger charge is 2.24. The molecule has 2 atom stereocenters. The molecule has 0 unspecified atom stereocenters. The van der Waals surface area contributed by atoms with E-state index in [1.165, 1.54) is 25.7 Å². The fourth-order valence-corrected chi connectivity index (χ4v) is 2.97. The smallest absolute Gasteiger partial charge is 0.223 e. The second-order valence-electron chi connectivity index (χ2n) is 5.64. The van der Waals surface area contributed by atoms with Gasteiger partial charge in [0.25, 0.3) is 0 Å². The fraction of sp³-hybridized carbons (Fsp3) is 0.929. The van der Waals surface area contributed by atoms with Crippen molar-refractivity contribution in [1.29, 1.82) is 0 Å². The van der Waals surface area contributed by atoms with E-state index in [1.54, 1.807) is 0 Å². The summed E-state index contributed by atoms with van der Waals surface area (Å²) in [6.45, 7) is 4.42. The molecule has 0 bridgehead atoms. The van der Waals surface area contributed by atoms with Crippen molar-refractivity contribution in [1.82, 2.24) is 10.6 Å².